The summed E-state index contributed by atoms with van der Waals surface area (Å²) in [6.45, 7) is 1.87. The van der Waals surface area contributed by atoms with Crippen molar-refractivity contribution in [1.29, 1.82) is 0 Å². The maximum atomic E-state index is 12.0. The summed E-state index contributed by atoms with van der Waals surface area (Å²) in [6, 6.07) is 11.9. The molecular weight excluding hydrogens is 242 g/mol. The quantitative estimate of drug-likeness (QED) is 0.831. The Morgan fingerprint density at radius 3 is 2.42 bits per heavy atom. The Labute approximate surface area is 111 Å². The van der Waals surface area contributed by atoms with Crippen LogP contribution < -0.4 is 10.1 Å². The van der Waals surface area contributed by atoms with Gasteiger partial charge in [0.1, 0.15) is 11.5 Å². The van der Waals surface area contributed by atoms with Crippen molar-refractivity contribution in [3.63, 3.8) is 0 Å². The third kappa shape index (κ3) is 3.04. The molecule has 0 saturated carbocycles. The minimum Gasteiger partial charge on any atom is -0.506 e. The van der Waals surface area contributed by atoms with Gasteiger partial charge in [0.15, 0.2) is 0 Å². The van der Waals surface area contributed by atoms with E-state index in [-0.39, 0.29) is 11.7 Å². The maximum Gasteiger partial charge on any atom is 0.255 e. The average Bonchev–Trinajstić information content (AvgIpc) is 2.42. The fourth-order valence-corrected chi connectivity index (χ4v) is 1.68. The van der Waals surface area contributed by atoms with Crippen molar-refractivity contribution in [2.24, 2.45) is 0 Å². The van der Waals surface area contributed by atoms with Gasteiger partial charge in [0.25, 0.3) is 5.91 Å². The van der Waals surface area contributed by atoms with Crippen molar-refractivity contribution in [1.82, 2.24) is 0 Å². The number of phenols is 1. The summed E-state index contributed by atoms with van der Waals surface area (Å²) in [5.41, 5.74) is 1.83. The minimum absolute atomic E-state index is 0.0573. The SMILES string of the molecule is COc1ccc(C(=O)Nc2ccc(C)cc2O)cc1. The van der Waals surface area contributed by atoms with Gasteiger partial charge in [0, 0.05) is 5.56 Å². The van der Waals surface area contributed by atoms with Crippen LogP contribution in [0.3, 0.4) is 0 Å². The standard InChI is InChI=1S/C15H15NO3/c1-10-3-8-13(14(17)9-10)16-15(18)11-4-6-12(19-2)7-5-11/h3-9,17H,1-2H3,(H,16,18). The summed E-state index contributed by atoms with van der Waals surface area (Å²) in [6.07, 6.45) is 0. The molecule has 2 aromatic carbocycles. The number of hydrogen-bond donors (Lipinski definition) is 2. The van der Waals surface area contributed by atoms with E-state index in [4.69, 9.17) is 4.74 Å². The molecule has 2 aromatic rings. The second-order valence-electron chi connectivity index (χ2n) is 4.20. The van der Waals surface area contributed by atoms with Crippen molar-refractivity contribution in [2.75, 3.05) is 12.4 Å². The number of carbonyl (C=O) groups excluding carboxylic acids is 1. The molecule has 2 rings (SSSR count). The molecule has 0 aliphatic carbocycles. The predicted octanol–water partition coefficient (Wildman–Crippen LogP) is 2.96. The first-order valence-electron chi connectivity index (χ1n) is 5.85. The Balaban J connectivity index is 2.15. The van der Waals surface area contributed by atoms with Gasteiger partial charge in [-0.15, -0.1) is 0 Å². The molecule has 0 unspecified atom stereocenters. The van der Waals surface area contributed by atoms with Crippen LogP contribution in [-0.4, -0.2) is 18.1 Å². The van der Waals surface area contributed by atoms with Gasteiger partial charge in [0.05, 0.1) is 12.8 Å². The summed E-state index contributed by atoms with van der Waals surface area (Å²) in [4.78, 5) is 12.0. The molecule has 4 nitrogen and oxygen atoms in total. The van der Waals surface area contributed by atoms with Gasteiger partial charge in [-0.2, -0.15) is 0 Å². The zero-order valence-electron chi connectivity index (χ0n) is 10.8. The van der Waals surface area contributed by atoms with Crippen LogP contribution in [0.4, 0.5) is 5.69 Å². The molecule has 19 heavy (non-hydrogen) atoms. The lowest BCUT2D eigenvalue weighted by Gasteiger charge is -2.08. The zero-order chi connectivity index (χ0) is 13.8. The van der Waals surface area contributed by atoms with Crippen LogP contribution in [0.25, 0.3) is 0 Å². The molecule has 0 atom stereocenters. The van der Waals surface area contributed by atoms with Crippen LogP contribution in [0, 0.1) is 6.92 Å². The highest BCUT2D eigenvalue weighted by Crippen LogP contribution is 2.24. The molecule has 1 amide bonds. The Morgan fingerprint density at radius 2 is 1.84 bits per heavy atom. The number of phenolic OH excluding ortho intramolecular Hbond substituents is 1. The highest BCUT2D eigenvalue weighted by Gasteiger charge is 2.09. The lowest BCUT2D eigenvalue weighted by molar-refractivity contribution is 0.102. The van der Waals surface area contributed by atoms with Gasteiger partial charge in [-0.05, 0) is 48.9 Å². The maximum absolute atomic E-state index is 12.0. The number of carbonyl (C=O) groups is 1. The molecule has 98 valence electrons. The molecule has 0 aromatic heterocycles. The van der Waals surface area contributed by atoms with Crippen LogP contribution in [-0.2, 0) is 0 Å². The fourth-order valence-electron chi connectivity index (χ4n) is 1.68. The molecule has 4 heteroatoms. The first-order valence-corrected chi connectivity index (χ1v) is 5.85. The van der Waals surface area contributed by atoms with Crippen LogP contribution >= 0.6 is 0 Å². The number of methoxy groups -OCH3 is 1. The molecule has 0 fully saturated rings. The largest absolute Gasteiger partial charge is 0.506 e. The second-order valence-corrected chi connectivity index (χ2v) is 4.20. The summed E-state index contributed by atoms with van der Waals surface area (Å²) >= 11 is 0. The second kappa shape index (κ2) is 5.44. The van der Waals surface area contributed by atoms with Crippen molar-refractivity contribution >= 4 is 11.6 Å². The number of rotatable bonds is 3. The summed E-state index contributed by atoms with van der Waals surface area (Å²) in [7, 11) is 1.57. The molecule has 0 bridgehead atoms. The lowest BCUT2D eigenvalue weighted by Crippen LogP contribution is -2.11. The van der Waals surface area contributed by atoms with E-state index in [1.165, 1.54) is 0 Å². The van der Waals surface area contributed by atoms with Crippen LogP contribution in [0.2, 0.25) is 0 Å². The zero-order valence-corrected chi connectivity index (χ0v) is 10.8. The number of nitrogens with one attached hydrogen (secondary N) is 1. The molecule has 0 aliphatic rings. The summed E-state index contributed by atoms with van der Waals surface area (Å²) in [5, 5.41) is 12.4. The Morgan fingerprint density at radius 1 is 1.16 bits per heavy atom. The van der Waals surface area contributed by atoms with Crippen molar-refractivity contribution in [2.45, 2.75) is 6.92 Å². The van der Waals surface area contributed by atoms with E-state index in [0.717, 1.165) is 5.56 Å². The minimum atomic E-state index is -0.276. The third-order valence-electron chi connectivity index (χ3n) is 2.75. The van der Waals surface area contributed by atoms with E-state index >= 15 is 0 Å². The number of benzene rings is 2. The average molecular weight is 257 g/mol. The number of ether oxygens (including phenoxy) is 1. The van der Waals surface area contributed by atoms with Crippen LogP contribution in [0.15, 0.2) is 42.5 Å². The molecule has 0 aliphatic heterocycles. The van der Waals surface area contributed by atoms with Gasteiger partial charge in [-0.3, -0.25) is 4.79 Å². The van der Waals surface area contributed by atoms with E-state index in [0.29, 0.717) is 17.0 Å². The molecule has 0 saturated heterocycles. The summed E-state index contributed by atoms with van der Waals surface area (Å²) < 4.78 is 5.03. The van der Waals surface area contributed by atoms with Crippen LogP contribution in [0.5, 0.6) is 11.5 Å². The van der Waals surface area contributed by atoms with Gasteiger partial charge in [-0.25, -0.2) is 0 Å². The van der Waals surface area contributed by atoms with E-state index in [1.807, 2.05) is 13.0 Å². The number of anilines is 1. The first kappa shape index (κ1) is 13.0. The number of amides is 1. The van der Waals surface area contributed by atoms with E-state index in [1.54, 1.807) is 43.5 Å². The third-order valence-corrected chi connectivity index (χ3v) is 2.75. The van der Waals surface area contributed by atoms with Gasteiger partial charge < -0.3 is 15.2 Å². The number of hydrogen-bond acceptors (Lipinski definition) is 3. The lowest BCUT2D eigenvalue weighted by atomic mass is 10.1. The molecule has 0 spiro atoms. The van der Waals surface area contributed by atoms with Gasteiger partial charge >= 0.3 is 0 Å². The van der Waals surface area contributed by atoms with E-state index < -0.39 is 0 Å². The van der Waals surface area contributed by atoms with Crippen molar-refractivity contribution < 1.29 is 14.6 Å². The Bertz CT molecular complexity index is 591. The Hall–Kier alpha value is -2.49. The van der Waals surface area contributed by atoms with Crippen molar-refractivity contribution in [3.8, 4) is 11.5 Å². The first-order chi connectivity index (χ1) is 9.10. The molecular formula is C15H15NO3. The Kier molecular flexibility index (Phi) is 3.71. The topological polar surface area (TPSA) is 58.6 Å². The molecule has 2 N–H and O–H groups in total. The highest BCUT2D eigenvalue weighted by atomic mass is 16.5. The monoisotopic (exact) mass is 257 g/mol. The molecule has 0 radical (unpaired) electrons. The highest BCUT2D eigenvalue weighted by molar-refractivity contribution is 6.05. The smallest absolute Gasteiger partial charge is 0.255 e. The predicted molar refractivity (Wildman–Crippen MR) is 73.8 cm³/mol. The van der Waals surface area contributed by atoms with Crippen molar-refractivity contribution in [3.05, 3.63) is 53.6 Å². The number of aryl methyl sites for hydroxylation is 1. The normalized spacial score (nSPS) is 10.0. The fraction of sp³-hybridized carbons (Fsp3) is 0.133. The molecule has 0 heterocycles. The number of aromatic hydroxyl groups is 1. The van der Waals surface area contributed by atoms with Gasteiger partial charge in [-0.1, -0.05) is 6.07 Å². The van der Waals surface area contributed by atoms with Crippen LogP contribution in [0.1, 0.15) is 15.9 Å². The van der Waals surface area contributed by atoms with Gasteiger partial charge in [0.2, 0.25) is 0 Å². The van der Waals surface area contributed by atoms with E-state index in [9.17, 15) is 9.90 Å². The summed E-state index contributed by atoms with van der Waals surface area (Å²) in [5.74, 6) is 0.471. The van der Waals surface area contributed by atoms with E-state index in [2.05, 4.69) is 5.32 Å².